The zero-order valence-corrected chi connectivity index (χ0v) is 10.4. The lowest BCUT2D eigenvalue weighted by Gasteiger charge is -2.09. The Hall–Kier alpha value is -1.13. The first-order valence-electron chi connectivity index (χ1n) is 5.48. The minimum absolute atomic E-state index is 0.00173. The molecule has 0 aliphatic rings. The van der Waals surface area contributed by atoms with Crippen LogP contribution in [0.3, 0.4) is 0 Å². The van der Waals surface area contributed by atoms with E-state index in [1.165, 1.54) is 12.1 Å². The van der Waals surface area contributed by atoms with Crippen LogP contribution in [0.2, 0.25) is 5.02 Å². The molecule has 1 unspecified atom stereocenters. The number of hydrogen-bond acceptors (Lipinski definition) is 2. The predicted molar refractivity (Wildman–Crippen MR) is 67.5 cm³/mol. The van der Waals surface area contributed by atoms with Gasteiger partial charge in [0.25, 0.3) is 0 Å². The molecule has 3 nitrogen and oxygen atoms in total. The maximum Gasteiger partial charge on any atom is 0.224 e. The summed E-state index contributed by atoms with van der Waals surface area (Å²) < 4.78 is 13.5. The Morgan fingerprint density at radius 1 is 1.59 bits per heavy atom. The molecule has 1 amide bonds. The van der Waals surface area contributed by atoms with E-state index >= 15 is 0 Å². The maximum atomic E-state index is 13.5. The summed E-state index contributed by atoms with van der Waals surface area (Å²) in [6.07, 6.45) is 1.01. The summed E-state index contributed by atoms with van der Waals surface area (Å²) in [5.74, 6) is -0.550. The molecule has 1 rings (SSSR count). The molecule has 0 aromatic heterocycles. The van der Waals surface area contributed by atoms with Gasteiger partial charge in [-0.3, -0.25) is 4.79 Å². The second-order valence-electron chi connectivity index (χ2n) is 4.03. The number of anilines is 1. The normalized spacial score (nSPS) is 12.2. The minimum atomic E-state index is -0.602. The second-order valence-corrected chi connectivity index (χ2v) is 4.44. The van der Waals surface area contributed by atoms with Gasteiger partial charge in [-0.05, 0) is 31.0 Å². The van der Waals surface area contributed by atoms with E-state index < -0.39 is 5.82 Å². The molecular weight excluding hydrogens is 243 g/mol. The van der Waals surface area contributed by atoms with Crippen molar-refractivity contribution in [2.45, 2.75) is 19.8 Å². The van der Waals surface area contributed by atoms with Crippen molar-refractivity contribution >= 4 is 23.2 Å². The zero-order valence-electron chi connectivity index (χ0n) is 9.67. The molecule has 0 spiro atoms. The van der Waals surface area contributed by atoms with Crippen molar-refractivity contribution in [2.24, 2.45) is 11.7 Å². The quantitative estimate of drug-likeness (QED) is 0.853. The second kappa shape index (κ2) is 6.57. The number of amides is 1. The minimum Gasteiger partial charge on any atom is -0.330 e. The number of nitrogens with one attached hydrogen (secondary N) is 1. The van der Waals surface area contributed by atoms with Crippen molar-refractivity contribution in [3.05, 3.63) is 29.0 Å². The van der Waals surface area contributed by atoms with Crippen LogP contribution >= 0.6 is 11.6 Å². The molecule has 0 bridgehead atoms. The molecule has 0 radical (unpaired) electrons. The molecule has 1 aromatic rings. The highest BCUT2D eigenvalue weighted by molar-refractivity contribution is 6.31. The number of benzene rings is 1. The van der Waals surface area contributed by atoms with Crippen molar-refractivity contribution in [2.75, 3.05) is 11.9 Å². The van der Waals surface area contributed by atoms with E-state index in [-0.39, 0.29) is 22.5 Å². The van der Waals surface area contributed by atoms with Gasteiger partial charge in [-0.25, -0.2) is 4.39 Å². The molecule has 1 aromatic carbocycles. The van der Waals surface area contributed by atoms with E-state index in [4.69, 9.17) is 17.3 Å². The molecule has 0 aliphatic carbocycles. The van der Waals surface area contributed by atoms with Crippen LogP contribution in [0.25, 0.3) is 0 Å². The fourth-order valence-electron chi connectivity index (χ4n) is 1.31. The summed E-state index contributed by atoms with van der Waals surface area (Å²) in [5, 5.41) is 2.49. The number of hydrogen-bond donors (Lipinski definition) is 2. The highest BCUT2D eigenvalue weighted by atomic mass is 35.5. The van der Waals surface area contributed by atoms with Gasteiger partial charge in [0.05, 0.1) is 10.7 Å². The molecule has 0 saturated carbocycles. The van der Waals surface area contributed by atoms with Crippen molar-refractivity contribution in [3.8, 4) is 0 Å². The number of carbonyl (C=O) groups is 1. The Kier molecular flexibility index (Phi) is 5.38. The average Bonchev–Trinajstić information content (AvgIpc) is 2.32. The molecule has 1 atom stereocenters. The fraction of sp³-hybridized carbons (Fsp3) is 0.417. The SMILES string of the molecule is CC(CN)CCC(=O)Nc1cccc(Cl)c1F. The first-order valence-corrected chi connectivity index (χ1v) is 5.86. The van der Waals surface area contributed by atoms with Gasteiger partial charge in [0.1, 0.15) is 0 Å². The van der Waals surface area contributed by atoms with Crippen LogP contribution in [-0.4, -0.2) is 12.5 Å². The molecule has 3 N–H and O–H groups in total. The van der Waals surface area contributed by atoms with Gasteiger partial charge in [0, 0.05) is 6.42 Å². The van der Waals surface area contributed by atoms with Crippen molar-refractivity contribution in [1.29, 1.82) is 0 Å². The molecule has 17 heavy (non-hydrogen) atoms. The van der Waals surface area contributed by atoms with E-state index in [9.17, 15) is 9.18 Å². The van der Waals surface area contributed by atoms with E-state index in [2.05, 4.69) is 5.32 Å². The highest BCUT2D eigenvalue weighted by Gasteiger charge is 2.10. The number of nitrogens with two attached hydrogens (primary N) is 1. The molecule has 5 heteroatoms. The largest absolute Gasteiger partial charge is 0.330 e. The van der Waals surface area contributed by atoms with Crippen molar-refractivity contribution < 1.29 is 9.18 Å². The average molecular weight is 259 g/mol. The topological polar surface area (TPSA) is 55.1 Å². The van der Waals surface area contributed by atoms with Crippen LogP contribution in [0.15, 0.2) is 18.2 Å². The third-order valence-electron chi connectivity index (χ3n) is 2.49. The zero-order chi connectivity index (χ0) is 12.8. The molecule has 0 saturated heterocycles. The van der Waals surface area contributed by atoms with Crippen LogP contribution in [0, 0.1) is 11.7 Å². The van der Waals surface area contributed by atoms with Crippen LogP contribution < -0.4 is 11.1 Å². The maximum absolute atomic E-state index is 13.5. The summed E-state index contributed by atoms with van der Waals surface area (Å²) in [7, 11) is 0. The van der Waals surface area contributed by atoms with Crippen LogP contribution in [0.4, 0.5) is 10.1 Å². The lowest BCUT2D eigenvalue weighted by Crippen LogP contribution is -2.16. The Bertz CT molecular complexity index is 398. The number of halogens is 2. The molecule has 94 valence electrons. The number of rotatable bonds is 5. The lowest BCUT2D eigenvalue weighted by molar-refractivity contribution is -0.116. The summed E-state index contributed by atoms with van der Waals surface area (Å²) in [6.45, 7) is 2.51. The first kappa shape index (κ1) is 13.9. The van der Waals surface area contributed by atoms with E-state index in [1.54, 1.807) is 6.07 Å². The molecule has 0 fully saturated rings. The summed E-state index contributed by atoms with van der Waals surface area (Å²) in [5.41, 5.74) is 5.56. The Morgan fingerprint density at radius 2 is 2.29 bits per heavy atom. The summed E-state index contributed by atoms with van der Waals surface area (Å²) in [6, 6.07) is 4.50. The monoisotopic (exact) mass is 258 g/mol. The van der Waals surface area contributed by atoms with E-state index in [0.29, 0.717) is 19.4 Å². The first-order chi connectivity index (χ1) is 8.04. The third-order valence-corrected chi connectivity index (χ3v) is 2.78. The van der Waals surface area contributed by atoms with E-state index in [1.807, 2.05) is 6.92 Å². The van der Waals surface area contributed by atoms with Gasteiger partial charge in [-0.1, -0.05) is 24.6 Å². The van der Waals surface area contributed by atoms with Gasteiger partial charge in [-0.15, -0.1) is 0 Å². The molecular formula is C12H16ClFN2O. The van der Waals surface area contributed by atoms with Gasteiger partial charge < -0.3 is 11.1 Å². The van der Waals surface area contributed by atoms with Crippen LogP contribution in [0.1, 0.15) is 19.8 Å². The third kappa shape index (κ3) is 4.32. The number of carbonyl (C=O) groups excluding carboxylic acids is 1. The Labute approximate surface area is 105 Å². The van der Waals surface area contributed by atoms with Gasteiger partial charge in [0.2, 0.25) is 5.91 Å². The van der Waals surface area contributed by atoms with Crippen molar-refractivity contribution in [3.63, 3.8) is 0 Å². The Morgan fingerprint density at radius 3 is 2.94 bits per heavy atom. The smallest absolute Gasteiger partial charge is 0.224 e. The van der Waals surface area contributed by atoms with Gasteiger partial charge in [0.15, 0.2) is 5.82 Å². The summed E-state index contributed by atoms with van der Waals surface area (Å²) >= 11 is 5.60. The molecule has 0 aliphatic heterocycles. The fourth-order valence-corrected chi connectivity index (χ4v) is 1.48. The lowest BCUT2D eigenvalue weighted by atomic mass is 10.1. The van der Waals surface area contributed by atoms with E-state index in [0.717, 1.165) is 0 Å². The van der Waals surface area contributed by atoms with Crippen LogP contribution in [-0.2, 0) is 4.79 Å². The van der Waals surface area contributed by atoms with Crippen molar-refractivity contribution in [1.82, 2.24) is 0 Å². The summed E-state index contributed by atoms with van der Waals surface area (Å²) in [4.78, 5) is 11.5. The standard InChI is InChI=1S/C12H16ClFN2O/c1-8(7-15)5-6-11(17)16-10-4-2-3-9(13)12(10)14/h2-4,8H,5-7,15H2,1H3,(H,16,17). The molecule has 0 heterocycles. The Balaban J connectivity index is 2.54. The van der Waals surface area contributed by atoms with Gasteiger partial charge >= 0.3 is 0 Å². The predicted octanol–water partition coefficient (Wildman–Crippen LogP) is 2.79. The van der Waals surface area contributed by atoms with Gasteiger partial charge in [-0.2, -0.15) is 0 Å². The highest BCUT2D eigenvalue weighted by Crippen LogP contribution is 2.22. The van der Waals surface area contributed by atoms with Crippen LogP contribution in [0.5, 0.6) is 0 Å².